The molecule has 0 radical (unpaired) electrons. The molecule has 5 heteroatoms. The van der Waals surface area contributed by atoms with Crippen LogP contribution in [-0.4, -0.2) is 23.8 Å². The molecule has 4 nitrogen and oxygen atoms in total. The fourth-order valence-electron chi connectivity index (χ4n) is 1.97. The molecule has 0 fully saturated rings. The molecule has 0 aliphatic rings. The highest BCUT2D eigenvalue weighted by Gasteiger charge is 2.10. The minimum Gasteiger partial charge on any atom is -0.445 e. The Labute approximate surface area is 138 Å². The van der Waals surface area contributed by atoms with Crippen LogP contribution in [0.4, 0.5) is 4.79 Å². The zero-order valence-corrected chi connectivity index (χ0v) is 13.6. The van der Waals surface area contributed by atoms with Crippen molar-refractivity contribution in [3.63, 3.8) is 0 Å². The van der Waals surface area contributed by atoms with E-state index < -0.39 is 12.2 Å². The second-order valence-electron chi connectivity index (χ2n) is 4.89. The van der Waals surface area contributed by atoms with Gasteiger partial charge in [0, 0.05) is 17.4 Å². The van der Waals surface area contributed by atoms with Crippen LogP contribution in [0.1, 0.15) is 11.1 Å². The Morgan fingerprint density at radius 1 is 1.14 bits per heavy atom. The van der Waals surface area contributed by atoms with Gasteiger partial charge in [0.2, 0.25) is 0 Å². The normalized spacial score (nSPS) is 11.7. The summed E-state index contributed by atoms with van der Waals surface area (Å²) in [5, 5.41) is 12.5. The summed E-state index contributed by atoms with van der Waals surface area (Å²) in [6.07, 6.45) is -0.738. The van der Waals surface area contributed by atoms with Gasteiger partial charge in [-0.25, -0.2) is 4.79 Å². The second kappa shape index (κ2) is 8.56. The largest absolute Gasteiger partial charge is 0.445 e. The monoisotopic (exact) mass is 363 g/mol. The SMILES string of the molecule is O=C(NCC(O)Cc1ccccc1Br)OCc1ccccc1. The Bertz CT molecular complexity index is 604. The fourth-order valence-corrected chi connectivity index (χ4v) is 2.41. The van der Waals surface area contributed by atoms with Crippen molar-refractivity contribution in [2.75, 3.05) is 6.54 Å². The summed E-state index contributed by atoms with van der Waals surface area (Å²) >= 11 is 3.43. The van der Waals surface area contributed by atoms with Crippen molar-refractivity contribution in [1.82, 2.24) is 5.32 Å². The summed E-state index contributed by atoms with van der Waals surface area (Å²) in [7, 11) is 0. The van der Waals surface area contributed by atoms with E-state index in [4.69, 9.17) is 4.74 Å². The Kier molecular flexibility index (Phi) is 6.43. The number of halogens is 1. The average molecular weight is 364 g/mol. The molecule has 22 heavy (non-hydrogen) atoms. The molecule has 0 heterocycles. The molecular weight excluding hydrogens is 346 g/mol. The van der Waals surface area contributed by atoms with Crippen molar-refractivity contribution in [3.8, 4) is 0 Å². The van der Waals surface area contributed by atoms with Crippen molar-refractivity contribution in [1.29, 1.82) is 0 Å². The predicted octanol–water partition coefficient (Wildman–Crippen LogP) is 3.28. The maximum absolute atomic E-state index is 11.6. The van der Waals surface area contributed by atoms with Crippen molar-refractivity contribution in [2.45, 2.75) is 19.1 Å². The van der Waals surface area contributed by atoms with Crippen LogP contribution in [0.3, 0.4) is 0 Å². The van der Waals surface area contributed by atoms with Gasteiger partial charge in [-0.15, -0.1) is 0 Å². The number of amides is 1. The molecule has 2 N–H and O–H groups in total. The summed E-state index contributed by atoms with van der Waals surface area (Å²) in [6.45, 7) is 0.363. The number of carbonyl (C=O) groups is 1. The van der Waals surface area contributed by atoms with E-state index in [1.807, 2.05) is 54.6 Å². The topological polar surface area (TPSA) is 58.6 Å². The molecule has 0 aromatic heterocycles. The zero-order chi connectivity index (χ0) is 15.8. The standard InChI is InChI=1S/C17H18BrNO3/c18-16-9-5-4-8-14(16)10-15(20)11-19-17(21)22-12-13-6-2-1-3-7-13/h1-9,15,20H,10-12H2,(H,19,21). The highest BCUT2D eigenvalue weighted by Crippen LogP contribution is 2.17. The van der Waals surface area contributed by atoms with Crippen molar-refractivity contribution in [2.24, 2.45) is 0 Å². The van der Waals surface area contributed by atoms with Crippen LogP contribution in [-0.2, 0) is 17.8 Å². The maximum Gasteiger partial charge on any atom is 0.407 e. The molecule has 0 aliphatic carbocycles. The van der Waals surface area contributed by atoms with Crippen molar-refractivity contribution >= 4 is 22.0 Å². The Morgan fingerprint density at radius 2 is 1.82 bits per heavy atom. The number of ether oxygens (including phenoxy) is 1. The molecule has 0 saturated heterocycles. The lowest BCUT2D eigenvalue weighted by Gasteiger charge is -2.13. The van der Waals surface area contributed by atoms with E-state index in [2.05, 4.69) is 21.2 Å². The van der Waals surface area contributed by atoms with E-state index in [9.17, 15) is 9.90 Å². The molecule has 2 aromatic rings. The third-order valence-corrected chi connectivity index (χ3v) is 3.88. The third kappa shape index (κ3) is 5.50. The lowest BCUT2D eigenvalue weighted by Crippen LogP contribution is -2.33. The number of nitrogens with one attached hydrogen (secondary N) is 1. The zero-order valence-electron chi connectivity index (χ0n) is 12.0. The van der Waals surface area contributed by atoms with Gasteiger partial charge >= 0.3 is 6.09 Å². The van der Waals surface area contributed by atoms with E-state index >= 15 is 0 Å². The minimum absolute atomic E-state index is 0.148. The first-order valence-electron chi connectivity index (χ1n) is 7.01. The van der Waals surface area contributed by atoms with Gasteiger partial charge in [-0.3, -0.25) is 0 Å². The van der Waals surface area contributed by atoms with Crippen LogP contribution in [0.25, 0.3) is 0 Å². The first kappa shape index (κ1) is 16.5. The molecule has 116 valence electrons. The van der Waals surface area contributed by atoms with Gasteiger partial charge in [-0.2, -0.15) is 0 Å². The number of aliphatic hydroxyl groups excluding tert-OH is 1. The van der Waals surface area contributed by atoms with Crippen LogP contribution in [0.5, 0.6) is 0 Å². The molecule has 0 aliphatic heterocycles. The van der Waals surface area contributed by atoms with E-state index in [1.165, 1.54) is 0 Å². The van der Waals surface area contributed by atoms with Crippen LogP contribution in [0.2, 0.25) is 0 Å². The number of rotatable bonds is 6. The smallest absolute Gasteiger partial charge is 0.407 e. The van der Waals surface area contributed by atoms with Gasteiger partial charge in [0.1, 0.15) is 6.61 Å². The number of alkyl carbamates (subject to hydrolysis) is 1. The third-order valence-electron chi connectivity index (χ3n) is 3.11. The minimum atomic E-state index is -0.664. The Balaban J connectivity index is 1.71. The molecule has 1 atom stereocenters. The summed E-state index contributed by atoms with van der Waals surface area (Å²) in [6, 6.07) is 17.1. The predicted molar refractivity (Wildman–Crippen MR) is 88.5 cm³/mol. The first-order chi connectivity index (χ1) is 10.6. The lowest BCUT2D eigenvalue weighted by molar-refractivity contribution is 0.125. The summed E-state index contributed by atoms with van der Waals surface area (Å²) < 4.78 is 6.03. The van der Waals surface area contributed by atoms with E-state index in [1.54, 1.807) is 0 Å². The molecule has 1 unspecified atom stereocenters. The van der Waals surface area contributed by atoms with E-state index in [0.717, 1.165) is 15.6 Å². The van der Waals surface area contributed by atoms with Crippen LogP contribution in [0.15, 0.2) is 59.1 Å². The summed E-state index contributed by atoms with van der Waals surface area (Å²) in [5.41, 5.74) is 1.92. The number of carbonyl (C=O) groups excluding carboxylic acids is 1. The number of hydrogen-bond acceptors (Lipinski definition) is 3. The first-order valence-corrected chi connectivity index (χ1v) is 7.80. The highest BCUT2D eigenvalue weighted by molar-refractivity contribution is 9.10. The molecule has 2 rings (SSSR count). The quantitative estimate of drug-likeness (QED) is 0.827. The van der Waals surface area contributed by atoms with Gasteiger partial charge in [0.25, 0.3) is 0 Å². The van der Waals surface area contributed by atoms with E-state index in [0.29, 0.717) is 6.42 Å². The summed E-state index contributed by atoms with van der Waals surface area (Å²) in [4.78, 5) is 11.6. The number of hydrogen-bond donors (Lipinski definition) is 2. The molecule has 1 amide bonds. The number of benzene rings is 2. The average Bonchev–Trinajstić information content (AvgIpc) is 2.54. The molecule has 2 aromatic carbocycles. The Morgan fingerprint density at radius 3 is 2.55 bits per heavy atom. The highest BCUT2D eigenvalue weighted by atomic mass is 79.9. The van der Waals surface area contributed by atoms with Gasteiger partial charge < -0.3 is 15.2 Å². The van der Waals surface area contributed by atoms with Crippen molar-refractivity contribution in [3.05, 3.63) is 70.2 Å². The van der Waals surface area contributed by atoms with Crippen molar-refractivity contribution < 1.29 is 14.6 Å². The number of aliphatic hydroxyl groups is 1. The maximum atomic E-state index is 11.6. The van der Waals surface area contributed by atoms with Gasteiger partial charge in [0.05, 0.1) is 6.10 Å². The fraction of sp³-hybridized carbons (Fsp3) is 0.235. The van der Waals surface area contributed by atoms with E-state index in [-0.39, 0.29) is 13.2 Å². The Hall–Kier alpha value is -1.85. The van der Waals surface area contributed by atoms with Crippen LogP contribution < -0.4 is 5.32 Å². The molecule has 0 saturated carbocycles. The molecule has 0 spiro atoms. The molecular formula is C17H18BrNO3. The van der Waals surface area contributed by atoms with Gasteiger partial charge in [-0.1, -0.05) is 64.5 Å². The summed E-state index contributed by atoms with van der Waals surface area (Å²) in [5.74, 6) is 0. The van der Waals surface area contributed by atoms with Crippen LogP contribution >= 0.6 is 15.9 Å². The lowest BCUT2D eigenvalue weighted by atomic mass is 10.1. The second-order valence-corrected chi connectivity index (χ2v) is 5.75. The van der Waals surface area contributed by atoms with Crippen LogP contribution in [0, 0.1) is 0 Å². The molecule has 0 bridgehead atoms. The van der Waals surface area contributed by atoms with Gasteiger partial charge in [-0.05, 0) is 17.2 Å². The van der Waals surface area contributed by atoms with Gasteiger partial charge in [0.15, 0.2) is 0 Å².